The zero-order valence-electron chi connectivity index (χ0n) is 15.9. The van der Waals surface area contributed by atoms with Crippen LogP contribution in [0.4, 0.5) is 5.69 Å². The van der Waals surface area contributed by atoms with E-state index in [1.807, 2.05) is 43.3 Å². The molecule has 1 N–H and O–H groups in total. The summed E-state index contributed by atoms with van der Waals surface area (Å²) in [6.45, 7) is 4.19. The van der Waals surface area contributed by atoms with Crippen LogP contribution < -0.4 is 10.1 Å². The van der Waals surface area contributed by atoms with Crippen molar-refractivity contribution in [2.75, 3.05) is 11.9 Å². The number of halogens is 1. The van der Waals surface area contributed by atoms with E-state index in [0.29, 0.717) is 29.4 Å². The summed E-state index contributed by atoms with van der Waals surface area (Å²) in [6.07, 6.45) is 1.73. The van der Waals surface area contributed by atoms with Gasteiger partial charge in [0.15, 0.2) is 11.3 Å². The third kappa shape index (κ3) is 3.71. The number of para-hydroxylation sites is 2. The molecule has 2 aromatic carbocycles. The first kappa shape index (κ1) is 19.1. The molecule has 2 heterocycles. The van der Waals surface area contributed by atoms with Gasteiger partial charge in [-0.3, -0.25) is 4.79 Å². The summed E-state index contributed by atoms with van der Waals surface area (Å²) in [5.41, 5.74) is 3.80. The van der Waals surface area contributed by atoms with Crippen LogP contribution in [0.5, 0.6) is 5.75 Å². The molecule has 0 bridgehead atoms. The molecule has 7 nitrogen and oxygen atoms in total. The molecular formula is C21H18BrN5O2. The van der Waals surface area contributed by atoms with Crippen molar-refractivity contribution in [3.63, 3.8) is 0 Å². The van der Waals surface area contributed by atoms with Crippen LogP contribution in [0.25, 0.3) is 16.8 Å². The highest BCUT2D eigenvalue weighted by Gasteiger charge is 2.19. The second kappa shape index (κ2) is 8.00. The Morgan fingerprint density at radius 2 is 1.90 bits per heavy atom. The zero-order valence-corrected chi connectivity index (χ0v) is 17.5. The van der Waals surface area contributed by atoms with Crippen LogP contribution in [-0.2, 0) is 0 Å². The Morgan fingerprint density at radius 3 is 2.66 bits per heavy atom. The molecule has 0 aliphatic rings. The van der Waals surface area contributed by atoms with Crippen molar-refractivity contribution in [3.05, 3.63) is 70.6 Å². The standard InChI is InChI=1S/C21H18BrN5O2/c1-3-29-18-7-5-4-6-17(18)24-21(28)19-13(2)27-20(26-25-19)16(12-23-27)14-8-10-15(22)11-9-14/h4-12H,3H2,1-2H3,(H,24,28). The molecule has 0 saturated carbocycles. The average molecular weight is 452 g/mol. The summed E-state index contributed by atoms with van der Waals surface area (Å²) in [7, 11) is 0. The van der Waals surface area contributed by atoms with Crippen molar-refractivity contribution in [1.82, 2.24) is 19.8 Å². The topological polar surface area (TPSA) is 81.4 Å². The van der Waals surface area contributed by atoms with E-state index in [9.17, 15) is 4.79 Å². The van der Waals surface area contributed by atoms with Gasteiger partial charge in [0.1, 0.15) is 5.75 Å². The Bertz CT molecular complexity index is 1190. The quantitative estimate of drug-likeness (QED) is 0.482. The summed E-state index contributed by atoms with van der Waals surface area (Å²) in [4.78, 5) is 12.8. The fourth-order valence-electron chi connectivity index (χ4n) is 3.03. The molecule has 1 amide bonds. The number of amides is 1. The second-order valence-corrected chi connectivity index (χ2v) is 7.23. The molecule has 0 unspecified atom stereocenters. The minimum Gasteiger partial charge on any atom is -0.492 e. The van der Waals surface area contributed by atoms with Crippen LogP contribution in [0, 0.1) is 6.92 Å². The van der Waals surface area contributed by atoms with E-state index < -0.39 is 0 Å². The summed E-state index contributed by atoms with van der Waals surface area (Å²) in [6, 6.07) is 15.1. The number of ether oxygens (including phenoxy) is 1. The molecule has 8 heteroatoms. The van der Waals surface area contributed by atoms with E-state index in [1.165, 1.54) is 0 Å². The van der Waals surface area contributed by atoms with Gasteiger partial charge in [-0.2, -0.15) is 5.10 Å². The Morgan fingerprint density at radius 1 is 1.14 bits per heavy atom. The van der Waals surface area contributed by atoms with Gasteiger partial charge in [-0.1, -0.05) is 40.2 Å². The predicted molar refractivity (Wildman–Crippen MR) is 114 cm³/mol. The SMILES string of the molecule is CCOc1ccccc1NC(=O)c1nnc2c(-c3ccc(Br)cc3)cnn2c1C. The van der Waals surface area contributed by atoms with E-state index in [4.69, 9.17) is 4.74 Å². The summed E-state index contributed by atoms with van der Waals surface area (Å²) < 4.78 is 8.19. The number of nitrogens with one attached hydrogen (secondary N) is 1. The van der Waals surface area contributed by atoms with Gasteiger partial charge >= 0.3 is 0 Å². The molecule has 29 heavy (non-hydrogen) atoms. The summed E-state index contributed by atoms with van der Waals surface area (Å²) in [5.74, 6) is 0.233. The van der Waals surface area contributed by atoms with Crippen molar-refractivity contribution >= 4 is 33.2 Å². The lowest BCUT2D eigenvalue weighted by Gasteiger charge is -2.12. The van der Waals surface area contributed by atoms with Crippen molar-refractivity contribution < 1.29 is 9.53 Å². The van der Waals surface area contributed by atoms with Gasteiger partial charge in [0.25, 0.3) is 5.91 Å². The maximum atomic E-state index is 12.8. The van der Waals surface area contributed by atoms with Gasteiger partial charge in [-0.15, -0.1) is 10.2 Å². The van der Waals surface area contributed by atoms with Gasteiger partial charge in [0.05, 0.1) is 24.2 Å². The number of fused-ring (bicyclic) bond motifs is 1. The molecule has 0 spiro atoms. The number of aryl methyl sites for hydroxylation is 1. The number of carbonyl (C=O) groups excluding carboxylic acids is 1. The van der Waals surface area contributed by atoms with E-state index in [2.05, 4.69) is 36.5 Å². The van der Waals surface area contributed by atoms with Crippen molar-refractivity contribution in [1.29, 1.82) is 0 Å². The lowest BCUT2D eigenvalue weighted by atomic mass is 10.1. The lowest BCUT2D eigenvalue weighted by molar-refractivity contribution is 0.101. The van der Waals surface area contributed by atoms with E-state index in [-0.39, 0.29) is 11.6 Å². The maximum Gasteiger partial charge on any atom is 0.278 e. The molecule has 0 radical (unpaired) electrons. The van der Waals surface area contributed by atoms with E-state index in [1.54, 1.807) is 29.8 Å². The molecule has 4 rings (SSSR count). The highest BCUT2D eigenvalue weighted by molar-refractivity contribution is 9.10. The molecule has 0 aliphatic carbocycles. The Hall–Kier alpha value is -3.26. The molecule has 4 aromatic rings. The normalized spacial score (nSPS) is 10.9. The number of hydrogen-bond donors (Lipinski definition) is 1. The zero-order chi connectivity index (χ0) is 20.4. The van der Waals surface area contributed by atoms with Crippen molar-refractivity contribution in [2.45, 2.75) is 13.8 Å². The van der Waals surface area contributed by atoms with Crippen molar-refractivity contribution in [3.8, 4) is 16.9 Å². The first-order chi connectivity index (χ1) is 14.1. The minimum atomic E-state index is -0.371. The number of benzene rings is 2. The van der Waals surface area contributed by atoms with E-state index >= 15 is 0 Å². The molecule has 2 aromatic heterocycles. The maximum absolute atomic E-state index is 12.8. The van der Waals surface area contributed by atoms with Gasteiger partial charge in [-0.05, 0) is 43.7 Å². The Balaban J connectivity index is 1.68. The number of aromatic nitrogens is 4. The van der Waals surface area contributed by atoms with Crippen LogP contribution in [0.15, 0.2) is 59.2 Å². The van der Waals surface area contributed by atoms with Crippen LogP contribution >= 0.6 is 15.9 Å². The van der Waals surface area contributed by atoms with Gasteiger partial charge < -0.3 is 10.1 Å². The number of rotatable bonds is 5. The minimum absolute atomic E-state index is 0.203. The Labute approximate surface area is 175 Å². The predicted octanol–water partition coefficient (Wildman–Crippen LogP) is 4.51. The highest BCUT2D eigenvalue weighted by Crippen LogP contribution is 2.27. The smallest absolute Gasteiger partial charge is 0.278 e. The van der Waals surface area contributed by atoms with Crippen LogP contribution in [0.3, 0.4) is 0 Å². The van der Waals surface area contributed by atoms with Crippen LogP contribution in [0.2, 0.25) is 0 Å². The summed E-state index contributed by atoms with van der Waals surface area (Å²) in [5, 5.41) is 15.7. The third-order valence-electron chi connectivity index (χ3n) is 4.45. The van der Waals surface area contributed by atoms with Gasteiger partial charge in [0, 0.05) is 10.0 Å². The van der Waals surface area contributed by atoms with Crippen molar-refractivity contribution in [2.24, 2.45) is 0 Å². The second-order valence-electron chi connectivity index (χ2n) is 6.32. The van der Waals surface area contributed by atoms with Crippen LogP contribution in [-0.4, -0.2) is 32.3 Å². The Kier molecular flexibility index (Phi) is 5.26. The number of carbonyl (C=O) groups is 1. The summed E-state index contributed by atoms with van der Waals surface area (Å²) >= 11 is 3.44. The van der Waals surface area contributed by atoms with Gasteiger partial charge in [-0.25, -0.2) is 4.52 Å². The largest absolute Gasteiger partial charge is 0.492 e. The molecule has 0 fully saturated rings. The third-order valence-corrected chi connectivity index (χ3v) is 4.98. The molecule has 146 valence electrons. The highest BCUT2D eigenvalue weighted by atomic mass is 79.9. The van der Waals surface area contributed by atoms with Gasteiger partial charge in [0.2, 0.25) is 0 Å². The first-order valence-corrected chi connectivity index (χ1v) is 9.88. The monoisotopic (exact) mass is 451 g/mol. The number of hydrogen-bond acceptors (Lipinski definition) is 5. The van der Waals surface area contributed by atoms with Crippen LogP contribution in [0.1, 0.15) is 23.1 Å². The molecule has 0 aliphatic heterocycles. The fraction of sp³-hybridized carbons (Fsp3) is 0.143. The fourth-order valence-corrected chi connectivity index (χ4v) is 3.29. The average Bonchev–Trinajstić information content (AvgIpc) is 3.15. The first-order valence-electron chi connectivity index (χ1n) is 9.08. The number of anilines is 1. The lowest BCUT2D eigenvalue weighted by Crippen LogP contribution is -2.19. The molecule has 0 atom stereocenters. The van der Waals surface area contributed by atoms with E-state index in [0.717, 1.165) is 15.6 Å². The molecule has 0 saturated heterocycles. The number of nitrogens with zero attached hydrogens (tertiary/aromatic N) is 4. The molecular weight excluding hydrogens is 434 g/mol.